The zero-order chi connectivity index (χ0) is 27.1. The second-order valence-electron chi connectivity index (χ2n) is 8.24. The molecule has 0 aliphatic heterocycles. The SMILES string of the molecule is C=CC(/C=C\C)=S(=O)(C=O)c1ccc(CC(c2nc3ccccc3[nH]2)n2cc(C=CC(=O)NO)nn2)cc1. The van der Waals surface area contributed by atoms with Gasteiger partial charge in [0.2, 0.25) is 5.62 Å². The van der Waals surface area contributed by atoms with Gasteiger partial charge in [0.15, 0.2) is 0 Å². The first-order valence-corrected chi connectivity index (χ1v) is 13.2. The minimum absolute atomic E-state index is 0.348. The van der Waals surface area contributed by atoms with Crippen LogP contribution in [0.4, 0.5) is 0 Å². The predicted molar refractivity (Wildman–Crippen MR) is 147 cm³/mol. The highest BCUT2D eigenvalue weighted by atomic mass is 32.2. The van der Waals surface area contributed by atoms with Gasteiger partial charge in [-0.3, -0.25) is 19.0 Å². The van der Waals surface area contributed by atoms with Crippen molar-refractivity contribution in [2.75, 3.05) is 0 Å². The van der Waals surface area contributed by atoms with Crippen molar-refractivity contribution < 1.29 is 19.0 Å². The molecule has 4 rings (SSSR count). The van der Waals surface area contributed by atoms with Crippen LogP contribution in [0.2, 0.25) is 0 Å². The lowest BCUT2D eigenvalue weighted by Crippen LogP contribution is -2.16. The highest BCUT2D eigenvalue weighted by Gasteiger charge is 2.21. The third-order valence-corrected chi connectivity index (χ3v) is 8.05. The van der Waals surface area contributed by atoms with Crippen LogP contribution < -0.4 is 5.48 Å². The van der Waals surface area contributed by atoms with Crippen LogP contribution in [-0.4, -0.2) is 50.8 Å². The molecule has 0 saturated heterocycles. The fourth-order valence-corrected chi connectivity index (χ4v) is 5.54. The quantitative estimate of drug-likeness (QED) is 0.0939. The molecule has 0 aliphatic carbocycles. The Labute approximate surface area is 219 Å². The molecule has 2 unspecified atom stereocenters. The summed E-state index contributed by atoms with van der Waals surface area (Å²) in [6.45, 7) is 5.48. The number of imidazole rings is 1. The van der Waals surface area contributed by atoms with Gasteiger partial charge >= 0.3 is 0 Å². The number of aromatic nitrogens is 5. The third kappa shape index (κ3) is 5.53. The van der Waals surface area contributed by atoms with E-state index in [2.05, 4.69) is 21.9 Å². The Hall–Kier alpha value is -4.61. The molecule has 0 spiro atoms. The third-order valence-electron chi connectivity index (χ3n) is 5.81. The number of fused-ring (bicyclic) bond motifs is 1. The number of carbonyl (C=O) groups excluding carboxylic acids is 2. The monoisotopic (exact) mass is 530 g/mol. The van der Waals surface area contributed by atoms with Crippen LogP contribution in [0.3, 0.4) is 0 Å². The minimum atomic E-state index is -3.11. The van der Waals surface area contributed by atoms with Crippen LogP contribution >= 0.6 is 0 Å². The molecule has 0 fully saturated rings. The number of para-hydroxylation sites is 2. The average molecular weight is 531 g/mol. The molecule has 2 aromatic heterocycles. The fourth-order valence-electron chi connectivity index (χ4n) is 3.92. The molecule has 0 saturated carbocycles. The lowest BCUT2D eigenvalue weighted by atomic mass is 10.1. The number of aromatic amines is 1. The van der Waals surface area contributed by atoms with Crippen LogP contribution in [0.15, 0.2) is 90.5 Å². The van der Waals surface area contributed by atoms with Gasteiger partial charge in [-0.15, -0.1) is 5.10 Å². The maximum Gasteiger partial charge on any atom is 0.267 e. The van der Waals surface area contributed by atoms with Gasteiger partial charge in [0, 0.05) is 22.3 Å². The van der Waals surface area contributed by atoms with E-state index in [-0.39, 0.29) is 0 Å². The van der Waals surface area contributed by atoms with E-state index in [1.807, 2.05) is 36.4 Å². The molecule has 0 radical (unpaired) electrons. The molecule has 1 amide bonds. The maximum absolute atomic E-state index is 13.5. The van der Waals surface area contributed by atoms with Crippen LogP contribution in [0.25, 0.3) is 17.1 Å². The first kappa shape index (κ1) is 26.5. The number of rotatable bonds is 10. The van der Waals surface area contributed by atoms with Gasteiger partial charge < -0.3 is 4.98 Å². The largest absolute Gasteiger partial charge is 0.340 e. The number of H-pyrrole nitrogens is 1. The molecule has 38 heavy (non-hydrogen) atoms. The normalized spacial score (nSPS) is 13.9. The molecule has 2 heterocycles. The first-order chi connectivity index (χ1) is 18.4. The second-order valence-corrected chi connectivity index (χ2v) is 10.6. The van der Waals surface area contributed by atoms with E-state index in [4.69, 9.17) is 10.2 Å². The van der Waals surface area contributed by atoms with Gasteiger partial charge in [0.1, 0.15) is 17.6 Å². The number of hydrogen-bond acceptors (Lipinski definition) is 7. The smallest absolute Gasteiger partial charge is 0.267 e. The van der Waals surface area contributed by atoms with Crippen molar-refractivity contribution in [1.82, 2.24) is 30.4 Å². The summed E-state index contributed by atoms with van der Waals surface area (Å²) in [6.07, 6.45) is 9.43. The van der Waals surface area contributed by atoms with Crippen LogP contribution in [0.5, 0.6) is 0 Å². The number of nitrogens with zero attached hydrogens (tertiary/aromatic N) is 4. The molecule has 0 bridgehead atoms. The number of carbonyl (C=O) groups is 2. The van der Waals surface area contributed by atoms with Crippen LogP contribution in [-0.2, 0) is 25.5 Å². The van der Waals surface area contributed by atoms with Gasteiger partial charge in [-0.25, -0.2) is 15.1 Å². The van der Waals surface area contributed by atoms with Crippen molar-refractivity contribution in [2.45, 2.75) is 24.3 Å². The zero-order valence-electron chi connectivity index (χ0n) is 20.5. The van der Waals surface area contributed by atoms with Crippen molar-refractivity contribution in [2.24, 2.45) is 0 Å². The maximum atomic E-state index is 13.5. The van der Waals surface area contributed by atoms with Crippen LogP contribution in [0, 0.1) is 0 Å². The highest BCUT2D eigenvalue weighted by Crippen LogP contribution is 2.24. The molecule has 3 N–H and O–H groups in total. The lowest BCUT2D eigenvalue weighted by Gasteiger charge is -2.15. The summed E-state index contributed by atoms with van der Waals surface area (Å²) in [5, 5.41) is 17.0. The summed E-state index contributed by atoms with van der Waals surface area (Å²) in [4.78, 5) is 32.0. The van der Waals surface area contributed by atoms with Crippen molar-refractivity contribution >= 4 is 43.0 Å². The summed E-state index contributed by atoms with van der Waals surface area (Å²) in [6, 6.07) is 14.2. The number of hydrogen-bond donors (Lipinski definition) is 3. The van der Waals surface area contributed by atoms with E-state index in [9.17, 15) is 13.8 Å². The van der Waals surface area contributed by atoms with E-state index in [0.717, 1.165) is 22.7 Å². The summed E-state index contributed by atoms with van der Waals surface area (Å²) in [7, 11) is -3.11. The fraction of sp³-hybridized carbons (Fsp3) is 0.111. The minimum Gasteiger partial charge on any atom is -0.340 e. The summed E-state index contributed by atoms with van der Waals surface area (Å²) < 4.78 is 15.1. The first-order valence-electron chi connectivity index (χ1n) is 11.6. The van der Waals surface area contributed by atoms with Crippen molar-refractivity contribution in [3.8, 4) is 0 Å². The Balaban J connectivity index is 1.72. The van der Waals surface area contributed by atoms with Crippen molar-refractivity contribution in [3.63, 3.8) is 0 Å². The Morgan fingerprint density at radius 1 is 1.21 bits per heavy atom. The van der Waals surface area contributed by atoms with Crippen molar-refractivity contribution in [1.29, 1.82) is 0 Å². The van der Waals surface area contributed by atoms with Gasteiger partial charge in [0.25, 0.3) is 5.91 Å². The topological polar surface area (TPSA) is 143 Å². The number of hydroxylamine groups is 1. The van der Waals surface area contributed by atoms with E-state index < -0.39 is 21.5 Å². The number of allylic oxidation sites excluding steroid dienone is 3. The van der Waals surface area contributed by atoms with Crippen molar-refractivity contribution in [3.05, 3.63) is 103 Å². The predicted octanol–water partition coefficient (Wildman–Crippen LogP) is 3.27. The molecule has 10 nitrogen and oxygen atoms in total. The number of benzene rings is 2. The summed E-state index contributed by atoms with van der Waals surface area (Å²) in [5.41, 5.74) is 4.95. The molecule has 2 aromatic carbocycles. The van der Waals surface area contributed by atoms with E-state index in [1.54, 1.807) is 42.1 Å². The van der Waals surface area contributed by atoms with E-state index in [1.165, 1.54) is 17.6 Å². The van der Waals surface area contributed by atoms with Gasteiger partial charge in [0.05, 0.1) is 26.8 Å². The van der Waals surface area contributed by atoms with E-state index in [0.29, 0.717) is 33.3 Å². The summed E-state index contributed by atoms with van der Waals surface area (Å²) in [5.74, 6) is -0.0393. The average Bonchev–Trinajstić information content (AvgIpc) is 3.60. The van der Waals surface area contributed by atoms with Gasteiger partial charge in [-0.1, -0.05) is 54.3 Å². The Kier molecular flexibility index (Phi) is 8.09. The molecule has 11 heteroatoms. The number of nitrogens with one attached hydrogen (secondary N) is 2. The van der Waals surface area contributed by atoms with Crippen LogP contribution in [0.1, 0.15) is 30.0 Å². The molecular weight excluding hydrogens is 504 g/mol. The Morgan fingerprint density at radius 3 is 2.63 bits per heavy atom. The second kappa shape index (κ2) is 11.6. The Morgan fingerprint density at radius 2 is 1.97 bits per heavy atom. The van der Waals surface area contributed by atoms with Gasteiger partial charge in [-0.05, 0) is 42.8 Å². The highest BCUT2D eigenvalue weighted by molar-refractivity contribution is 8.14. The van der Waals surface area contributed by atoms with Gasteiger partial charge in [-0.2, -0.15) is 0 Å². The number of amides is 1. The molecule has 194 valence electrons. The zero-order valence-corrected chi connectivity index (χ0v) is 21.3. The van der Waals surface area contributed by atoms with E-state index >= 15 is 0 Å². The standard InChI is InChI=1S/C27H26N6O4S/c1-3-7-21(4-2)38(37,18-34)22-13-10-19(11-14-22)16-25(27-28-23-8-5-6-9-24(23)29-27)33-17-20(30-32-33)12-15-26(35)31-36/h3-15,17-18,25,36H,2,16H2,1H3,(H,28,29)(H,31,35)/b7-3-,15-12?. The Bertz CT molecular complexity index is 1620. The lowest BCUT2D eigenvalue weighted by molar-refractivity contribution is -0.124. The molecular formula is C27H26N6O4S. The molecule has 0 aliphatic rings. The molecule has 4 aromatic rings. The molecule has 2 atom stereocenters. The summed E-state index contributed by atoms with van der Waals surface area (Å²) >= 11 is 0.